The number of rotatable bonds is 7. The maximum atomic E-state index is 9.92. The summed E-state index contributed by atoms with van der Waals surface area (Å²) in [7, 11) is 0. The van der Waals surface area contributed by atoms with Gasteiger partial charge in [0, 0.05) is 0 Å². The Morgan fingerprint density at radius 3 is 1.26 bits per heavy atom. The van der Waals surface area contributed by atoms with Gasteiger partial charge >= 0.3 is 0 Å². The molecule has 0 amide bonds. The molecule has 0 aliphatic rings. The lowest BCUT2D eigenvalue weighted by atomic mass is 9.85. The van der Waals surface area contributed by atoms with Gasteiger partial charge in [0.05, 0.1) is 0 Å². The number of phenolic OH excluding ortho intramolecular Hbond substituents is 1. The van der Waals surface area contributed by atoms with Crippen molar-refractivity contribution in [3.05, 3.63) is 161 Å². The van der Waals surface area contributed by atoms with E-state index in [9.17, 15) is 5.11 Å². The van der Waals surface area contributed by atoms with Crippen LogP contribution in [0.25, 0.3) is 11.1 Å². The highest BCUT2D eigenvalue weighted by Crippen LogP contribution is 2.34. The standard InChI is InChI=1S/C33H28O/c34-32-18-16-29(17-19-32)33-30(21-26-12-6-2-7-13-26)23-28(20-25-10-4-1-5-11-25)24-31(33)22-27-14-8-3-9-15-27/h1-19,23-24,34H,20-22H2. The van der Waals surface area contributed by atoms with Crippen LogP contribution in [0.3, 0.4) is 0 Å². The lowest BCUT2D eigenvalue weighted by Gasteiger charge is -2.19. The Kier molecular flexibility index (Phi) is 6.54. The van der Waals surface area contributed by atoms with E-state index in [1.807, 2.05) is 12.1 Å². The Morgan fingerprint density at radius 1 is 0.412 bits per heavy atom. The van der Waals surface area contributed by atoms with E-state index in [0.29, 0.717) is 5.75 Å². The molecule has 5 aromatic carbocycles. The van der Waals surface area contributed by atoms with Crippen LogP contribution in [-0.4, -0.2) is 5.11 Å². The quantitative estimate of drug-likeness (QED) is 0.273. The van der Waals surface area contributed by atoms with Crippen LogP contribution >= 0.6 is 0 Å². The summed E-state index contributed by atoms with van der Waals surface area (Å²) in [6.07, 6.45) is 2.63. The molecule has 1 N–H and O–H groups in total. The summed E-state index contributed by atoms with van der Waals surface area (Å²) in [5, 5.41) is 9.92. The second kappa shape index (κ2) is 10.2. The summed E-state index contributed by atoms with van der Waals surface area (Å²) in [5.74, 6) is 0.290. The van der Waals surface area contributed by atoms with Gasteiger partial charge < -0.3 is 5.11 Å². The third-order valence-electron chi connectivity index (χ3n) is 6.24. The normalized spacial score (nSPS) is 10.8. The highest BCUT2D eigenvalue weighted by Gasteiger charge is 2.15. The van der Waals surface area contributed by atoms with E-state index in [2.05, 4.69) is 103 Å². The van der Waals surface area contributed by atoms with Crippen molar-refractivity contribution in [1.82, 2.24) is 0 Å². The molecule has 0 spiro atoms. The predicted molar refractivity (Wildman–Crippen MR) is 141 cm³/mol. The van der Waals surface area contributed by atoms with E-state index < -0.39 is 0 Å². The summed E-state index contributed by atoms with van der Waals surface area (Å²) in [4.78, 5) is 0. The van der Waals surface area contributed by atoms with E-state index in [-0.39, 0.29) is 0 Å². The van der Waals surface area contributed by atoms with Gasteiger partial charge in [-0.15, -0.1) is 0 Å². The van der Waals surface area contributed by atoms with Crippen LogP contribution in [0.2, 0.25) is 0 Å². The molecule has 1 nitrogen and oxygen atoms in total. The predicted octanol–water partition coefficient (Wildman–Crippen LogP) is 7.83. The maximum absolute atomic E-state index is 9.92. The maximum Gasteiger partial charge on any atom is 0.115 e. The highest BCUT2D eigenvalue weighted by atomic mass is 16.3. The summed E-state index contributed by atoms with van der Waals surface area (Å²) in [6.45, 7) is 0. The molecule has 5 rings (SSSR count). The zero-order valence-electron chi connectivity index (χ0n) is 19.2. The van der Waals surface area contributed by atoms with Gasteiger partial charge in [0.15, 0.2) is 0 Å². The van der Waals surface area contributed by atoms with Crippen LogP contribution in [0.5, 0.6) is 5.75 Å². The topological polar surface area (TPSA) is 20.2 Å². The van der Waals surface area contributed by atoms with Crippen LogP contribution < -0.4 is 0 Å². The number of benzene rings is 5. The molecule has 0 unspecified atom stereocenters. The van der Waals surface area contributed by atoms with Crippen molar-refractivity contribution in [3.63, 3.8) is 0 Å². The fraction of sp³-hybridized carbons (Fsp3) is 0.0909. The van der Waals surface area contributed by atoms with E-state index in [0.717, 1.165) is 24.8 Å². The molecule has 0 aliphatic carbocycles. The third kappa shape index (κ3) is 5.27. The Bertz CT molecular complexity index is 1280. The number of hydrogen-bond donors (Lipinski definition) is 1. The lowest BCUT2D eigenvalue weighted by Crippen LogP contribution is -2.02. The van der Waals surface area contributed by atoms with Crippen LogP contribution in [0, 0.1) is 0 Å². The minimum Gasteiger partial charge on any atom is -0.508 e. The van der Waals surface area contributed by atoms with Crippen molar-refractivity contribution in [2.45, 2.75) is 19.3 Å². The van der Waals surface area contributed by atoms with Gasteiger partial charge in [-0.3, -0.25) is 0 Å². The van der Waals surface area contributed by atoms with Crippen LogP contribution in [0.15, 0.2) is 127 Å². The van der Waals surface area contributed by atoms with Gasteiger partial charge in [0.25, 0.3) is 0 Å². The smallest absolute Gasteiger partial charge is 0.115 e. The zero-order chi connectivity index (χ0) is 23.2. The average Bonchev–Trinajstić information content (AvgIpc) is 2.87. The van der Waals surface area contributed by atoms with Crippen molar-refractivity contribution in [2.75, 3.05) is 0 Å². The molecule has 166 valence electrons. The van der Waals surface area contributed by atoms with E-state index in [1.54, 1.807) is 12.1 Å². The van der Waals surface area contributed by atoms with Crippen molar-refractivity contribution in [3.8, 4) is 16.9 Å². The van der Waals surface area contributed by atoms with Crippen LogP contribution in [0.4, 0.5) is 0 Å². The molecule has 0 aromatic heterocycles. The molecule has 0 radical (unpaired) electrons. The molecule has 0 aliphatic heterocycles. The van der Waals surface area contributed by atoms with E-state index in [4.69, 9.17) is 0 Å². The first-order valence-corrected chi connectivity index (χ1v) is 11.8. The number of phenols is 1. The molecule has 0 bridgehead atoms. The minimum absolute atomic E-state index is 0.290. The minimum atomic E-state index is 0.290. The van der Waals surface area contributed by atoms with Crippen LogP contribution in [-0.2, 0) is 19.3 Å². The first-order valence-electron chi connectivity index (χ1n) is 11.8. The van der Waals surface area contributed by atoms with Gasteiger partial charge in [0.2, 0.25) is 0 Å². The Labute approximate surface area is 202 Å². The molecule has 5 aromatic rings. The lowest BCUT2D eigenvalue weighted by molar-refractivity contribution is 0.475. The monoisotopic (exact) mass is 440 g/mol. The van der Waals surface area contributed by atoms with Gasteiger partial charge in [0.1, 0.15) is 5.75 Å². The van der Waals surface area contributed by atoms with Crippen molar-refractivity contribution in [1.29, 1.82) is 0 Å². The zero-order valence-corrected chi connectivity index (χ0v) is 19.2. The number of hydrogen-bond acceptors (Lipinski definition) is 1. The second-order valence-corrected chi connectivity index (χ2v) is 8.82. The molecular formula is C33H28O. The molecule has 0 atom stereocenters. The highest BCUT2D eigenvalue weighted by molar-refractivity contribution is 5.73. The van der Waals surface area contributed by atoms with Gasteiger partial charge in [-0.1, -0.05) is 115 Å². The number of aromatic hydroxyl groups is 1. The summed E-state index contributed by atoms with van der Waals surface area (Å²) < 4.78 is 0. The molecular weight excluding hydrogens is 412 g/mol. The molecule has 0 fully saturated rings. The first kappa shape index (κ1) is 21.7. The molecule has 0 saturated carbocycles. The van der Waals surface area contributed by atoms with E-state index in [1.165, 1.54) is 38.9 Å². The largest absolute Gasteiger partial charge is 0.508 e. The molecule has 0 heterocycles. The molecule has 1 heteroatoms. The summed E-state index contributed by atoms with van der Waals surface area (Å²) in [5.41, 5.74) is 10.3. The summed E-state index contributed by atoms with van der Waals surface area (Å²) in [6, 6.07) is 44.4. The van der Waals surface area contributed by atoms with Crippen molar-refractivity contribution >= 4 is 0 Å². The van der Waals surface area contributed by atoms with Gasteiger partial charge in [-0.05, 0) is 75.9 Å². The Hall–Kier alpha value is -4.10. The van der Waals surface area contributed by atoms with Crippen molar-refractivity contribution < 1.29 is 5.11 Å². The SMILES string of the molecule is Oc1ccc(-c2c(Cc3ccccc3)cc(Cc3ccccc3)cc2Cc2ccccc2)cc1. The fourth-order valence-electron chi connectivity index (χ4n) is 4.68. The Balaban J connectivity index is 1.67. The van der Waals surface area contributed by atoms with Crippen LogP contribution in [0.1, 0.15) is 33.4 Å². The summed E-state index contributed by atoms with van der Waals surface area (Å²) >= 11 is 0. The second-order valence-electron chi connectivity index (χ2n) is 8.82. The molecule has 34 heavy (non-hydrogen) atoms. The fourth-order valence-corrected chi connectivity index (χ4v) is 4.68. The van der Waals surface area contributed by atoms with Gasteiger partial charge in [-0.25, -0.2) is 0 Å². The third-order valence-corrected chi connectivity index (χ3v) is 6.24. The van der Waals surface area contributed by atoms with Crippen molar-refractivity contribution in [2.24, 2.45) is 0 Å². The van der Waals surface area contributed by atoms with Gasteiger partial charge in [-0.2, -0.15) is 0 Å². The molecule has 0 saturated heterocycles. The first-order chi connectivity index (χ1) is 16.7. The van der Waals surface area contributed by atoms with E-state index >= 15 is 0 Å². The average molecular weight is 441 g/mol. The Morgan fingerprint density at radius 2 is 0.824 bits per heavy atom.